The molecule has 4 heteroatoms. The number of hydrogen-bond acceptors (Lipinski definition) is 4. The first-order valence-corrected chi connectivity index (χ1v) is 5.55. The second-order valence-electron chi connectivity index (χ2n) is 4.50. The van der Waals surface area contributed by atoms with Crippen LogP contribution in [0, 0.1) is 0 Å². The summed E-state index contributed by atoms with van der Waals surface area (Å²) in [4.78, 5) is 2.32. The van der Waals surface area contributed by atoms with Crippen molar-refractivity contribution in [3.63, 3.8) is 0 Å². The van der Waals surface area contributed by atoms with Gasteiger partial charge in [0, 0.05) is 25.2 Å². The third kappa shape index (κ3) is 2.06. The quantitative estimate of drug-likeness (QED) is 0.799. The molecule has 0 aliphatic carbocycles. The van der Waals surface area contributed by atoms with Gasteiger partial charge in [0.05, 0.1) is 12.2 Å². The van der Waals surface area contributed by atoms with Crippen molar-refractivity contribution < 1.29 is 4.52 Å². The monoisotopic (exact) mass is 209 g/mol. The average molecular weight is 209 g/mol. The molecule has 1 aromatic heterocycles. The van der Waals surface area contributed by atoms with Crippen molar-refractivity contribution >= 4 is 0 Å². The first-order chi connectivity index (χ1) is 7.20. The fourth-order valence-corrected chi connectivity index (χ4v) is 2.04. The van der Waals surface area contributed by atoms with E-state index in [9.17, 15) is 0 Å². The Hall–Kier alpha value is -0.870. The molecule has 1 N–H and O–H groups in total. The van der Waals surface area contributed by atoms with E-state index in [1.807, 2.05) is 6.20 Å². The Morgan fingerprint density at radius 2 is 2.40 bits per heavy atom. The lowest BCUT2D eigenvalue weighted by Crippen LogP contribution is -2.44. The number of aromatic nitrogens is 1. The topological polar surface area (TPSA) is 41.3 Å². The molecule has 1 fully saturated rings. The number of nitrogens with one attached hydrogen (secondary N) is 1. The molecule has 2 heterocycles. The number of piperazine rings is 1. The highest BCUT2D eigenvalue weighted by Gasteiger charge is 2.27. The fraction of sp³-hybridized carbons (Fsp3) is 0.727. The maximum atomic E-state index is 5.40. The minimum Gasteiger partial charge on any atom is -0.359 e. The van der Waals surface area contributed by atoms with E-state index in [2.05, 4.69) is 36.3 Å². The summed E-state index contributed by atoms with van der Waals surface area (Å²) in [6.45, 7) is 7.41. The second-order valence-corrected chi connectivity index (χ2v) is 4.50. The van der Waals surface area contributed by atoms with E-state index >= 15 is 0 Å². The van der Waals surface area contributed by atoms with Gasteiger partial charge in [-0.3, -0.25) is 4.90 Å². The Morgan fingerprint density at radius 1 is 1.60 bits per heavy atom. The zero-order valence-electron chi connectivity index (χ0n) is 9.66. The highest BCUT2D eigenvalue weighted by Crippen LogP contribution is 2.28. The summed E-state index contributed by atoms with van der Waals surface area (Å²) in [5, 5.41) is 7.31. The van der Waals surface area contributed by atoms with Gasteiger partial charge < -0.3 is 9.84 Å². The Balaban J connectivity index is 2.23. The molecule has 0 bridgehead atoms. The summed E-state index contributed by atoms with van der Waals surface area (Å²) in [6.07, 6.45) is 1.85. The summed E-state index contributed by atoms with van der Waals surface area (Å²) in [6, 6.07) is 0.332. The highest BCUT2D eigenvalue weighted by molar-refractivity contribution is 5.21. The number of hydrogen-bond donors (Lipinski definition) is 1. The van der Waals surface area contributed by atoms with Crippen LogP contribution in [0.4, 0.5) is 0 Å². The maximum Gasteiger partial charge on any atom is 0.158 e. The molecule has 0 saturated carbocycles. The van der Waals surface area contributed by atoms with Crippen molar-refractivity contribution in [2.45, 2.75) is 25.8 Å². The van der Waals surface area contributed by atoms with E-state index in [0.29, 0.717) is 12.0 Å². The van der Waals surface area contributed by atoms with Gasteiger partial charge in [0.25, 0.3) is 0 Å². The van der Waals surface area contributed by atoms with E-state index in [1.165, 1.54) is 5.56 Å². The SMILES string of the molecule is CC(C)c1cnoc1C1CNCCN1C. The molecule has 0 spiro atoms. The number of nitrogens with zero attached hydrogens (tertiary/aromatic N) is 2. The highest BCUT2D eigenvalue weighted by atomic mass is 16.5. The maximum absolute atomic E-state index is 5.40. The zero-order chi connectivity index (χ0) is 10.8. The van der Waals surface area contributed by atoms with E-state index in [4.69, 9.17) is 4.52 Å². The van der Waals surface area contributed by atoms with Crippen LogP contribution in [0.25, 0.3) is 0 Å². The molecule has 1 aromatic rings. The fourth-order valence-electron chi connectivity index (χ4n) is 2.04. The molecule has 15 heavy (non-hydrogen) atoms. The summed E-state index contributed by atoms with van der Waals surface area (Å²) < 4.78 is 5.40. The van der Waals surface area contributed by atoms with Crippen LogP contribution in [0.3, 0.4) is 0 Å². The number of likely N-dealkylation sites (N-methyl/N-ethyl adjacent to an activating group) is 1. The van der Waals surface area contributed by atoms with E-state index in [1.54, 1.807) is 0 Å². The Bertz CT molecular complexity index is 321. The molecule has 1 saturated heterocycles. The smallest absolute Gasteiger partial charge is 0.158 e. The number of rotatable bonds is 2. The standard InChI is InChI=1S/C11H19N3O/c1-8(2)9-6-13-15-11(9)10-7-12-4-5-14(10)3/h6,8,10,12H,4-5,7H2,1-3H3. The van der Waals surface area contributed by atoms with Gasteiger partial charge in [-0.15, -0.1) is 0 Å². The van der Waals surface area contributed by atoms with Crippen LogP contribution in [-0.2, 0) is 0 Å². The lowest BCUT2D eigenvalue weighted by molar-refractivity contribution is 0.166. The van der Waals surface area contributed by atoms with Crippen molar-refractivity contribution in [2.24, 2.45) is 0 Å². The largest absolute Gasteiger partial charge is 0.359 e. The van der Waals surface area contributed by atoms with Gasteiger partial charge >= 0.3 is 0 Å². The van der Waals surface area contributed by atoms with E-state index < -0.39 is 0 Å². The molecule has 84 valence electrons. The van der Waals surface area contributed by atoms with Crippen LogP contribution >= 0.6 is 0 Å². The molecular formula is C11H19N3O. The van der Waals surface area contributed by atoms with Gasteiger partial charge in [0.15, 0.2) is 5.76 Å². The van der Waals surface area contributed by atoms with Gasteiger partial charge in [-0.25, -0.2) is 0 Å². The second kappa shape index (κ2) is 4.33. The third-order valence-electron chi connectivity index (χ3n) is 3.06. The Labute approximate surface area is 90.6 Å². The first-order valence-electron chi connectivity index (χ1n) is 5.55. The van der Waals surface area contributed by atoms with E-state index in [0.717, 1.165) is 25.4 Å². The minimum absolute atomic E-state index is 0.332. The molecule has 0 aromatic carbocycles. The van der Waals surface area contributed by atoms with Gasteiger partial charge in [-0.2, -0.15) is 0 Å². The predicted octanol–water partition coefficient (Wildman–Crippen LogP) is 1.37. The molecule has 1 aliphatic heterocycles. The van der Waals surface area contributed by atoms with Crippen molar-refractivity contribution in [1.82, 2.24) is 15.4 Å². The average Bonchev–Trinajstić information content (AvgIpc) is 2.67. The first kappa shape index (κ1) is 10.6. The van der Waals surface area contributed by atoms with E-state index in [-0.39, 0.29) is 0 Å². The summed E-state index contributed by atoms with van der Waals surface area (Å²) >= 11 is 0. The van der Waals surface area contributed by atoms with Gasteiger partial charge in [-0.1, -0.05) is 19.0 Å². The van der Waals surface area contributed by atoms with Crippen LogP contribution < -0.4 is 5.32 Å². The Kier molecular flexibility index (Phi) is 3.07. The summed E-state index contributed by atoms with van der Waals surface area (Å²) in [7, 11) is 2.14. The summed E-state index contributed by atoms with van der Waals surface area (Å²) in [5.41, 5.74) is 1.23. The zero-order valence-corrected chi connectivity index (χ0v) is 9.66. The predicted molar refractivity (Wildman–Crippen MR) is 58.8 cm³/mol. The van der Waals surface area contributed by atoms with Crippen LogP contribution in [0.2, 0.25) is 0 Å². The van der Waals surface area contributed by atoms with Crippen molar-refractivity contribution in [3.05, 3.63) is 17.5 Å². The lowest BCUT2D eigenvalue weighted by Gasteiger charge is -2.32. The van der Waals surface area contributed by atoms with Crippen molar-refractivity contribution in [1.29, 1.82) is 0 Å². The van der Waals surface area contributed by atoms with Crippen LogP contribution in [0.5, 0.6) is 0 Å². The molecule has 0 amide bonds. The lowest BCUT2D eigenvalue weighted by atomic mass is 9.99. The molecule has 1 aliphatic rings. The Morgan fingerprint density at radius 3 is 3.07 bits per heavy atom. The molecule has 1 atom stereocenters. The van der Waals surface area contributed by atoms with Crippen molar-refractivity contribution in [3.8, 4) is 0 Å². The third-order valence-corrected chi connectivity index (χ3v) is 3.06. The molecule has 1 unspecified atom stereocenters. The normalized spacial score (nSPS) is 23.6. The molecule has 4 nitrogen and oxygen atoms in total. The van der Waals surface area contributed by atoms with Gasteiger partial charge in [-0.05, 0) is 13.0 Å². The molecular weight excluding hydrogens is 190 g/mol. The van der Waals surface area contributed by atoms with Gasteiger partial charge in [0.1, 0.15) is 0 Å². The van der Waals surface area contributed by atoms with Gasteiger partial charge in [0.2, 0.25) is 0 Å². The van der Waals surface area contributed by atoms with Crippen molar-refractivity contribution in [2.75, 3.05) is 26.7 Å². The van der Waals surface area contributed by atoms with Crippen LogP contribution in [0.1, 0.15) is 37.1 Å². The molecule has 0 radical (unpaired) electrons. The van der Waals surface area contributed by atoms with Crippen LogP contribution in [0.15, 0.2) is 10.7 Å². The minimum atomic E-state index is 0.332. The van der Waals surface area contributed by atoms with Crippen LogP contribution in [-0.4, -0.2) is 36.7 Å². The summed E-state index contributed by atoms with van der Waals surface area (Å²) in [5.74, 6) is 1.50. The molecule has 2 rings (SSSR count).